The van der Waals surface area contributed by atoms with Crippen LogP contribution in [0.3, 0.4) is 0 Å². The lowest BCUT2D eigenvalue weighted by Crippen LogP contribution is -2.26. The number of halogens is 3. The van der Waals surface area contributed by atoms with Crippen LogP contribution >= 0.6 is 22.9 Å². The fourth-order valence-electron chi connectivity index (χ4n) is 1.66. The van der Waals surface area contributed by atoms with Gasteiger partial charge < -0.3 is 5.32 Å². The number of thiophene rings is 1. The summed E-state index contributed by atoms with van der Waals surface area (Å²) in [6.07, 6.45) is 0.530. The molecule has 1 N–H and O–H groups in total. The van der Waals surface area contributed by atoms with Gasteiger partial charge in [0.1, 0.15) is 0 Å². The predicted octanol–water partition coefficient (Wildman–Crippen LogP) is 3.10. The summed E-state index contributed by atoms with van der Waals surface area (Å²) >= 11 is 6.61. The second-order valence-corrected chi connectivity index (χ2v) is 5.13. The average molecular weight is 238 g/mol. The van der Waals surface area contributed by atoms with E-state index in [4.69, 9.17) is 11.6 Å². The molecular formula is C9H10ClF2NS. The molecule has 0 aliphatic carbocycles. The number of hydrogen-bond donors (Lipinski definition) is 1. The Morgan fingerprint density at radius 2 is 2.29 bits per heavy atom. The molecule has 2 heterocycles. The van der Waals surface area contributed by atoms with Crippen LogP contribution in [0, 0.1) is 5.92 Å². The van der Waals surface area contributed by atoms with Crippen LogP contribution in [-0.2, 0) is 5.92 Å². The minimum absolute atomic E-state index is 0.0798. The smallest absolute Gasteiger partial charge is 0.286 e. The second kappa shape index (κ2) is 3.76. The van der Waals surface area contributed by atoms with Crippen LogP contribution in [0.5, 0.6) is 0 Å². The monoisotopic (exact) mass is 237 g/mol. The molecule has 1 atom stereocenters. The fraction of sp³-hybridized carbons (Fsp3) is 0.556. The predicted molar refractivity (Wildman–Crippen MR) is 54.2 cm³/mol. The molecule has 1 aromatic heterocycles. The number of alkyl halides is 2. The molecule has 78 valence electrons. The van der Waals surface area contributed by atoms with Crippen LogP contribution in [0.15, 0.2) is 12.1 Å². The molecule has 0 bridgehead atoms. The summed E-state index contributed by atoms with van der Waals surface area (Å²) in [5.41, 5.74) is 0. The van der Waals surface area contributed by atoms with Gasteiger partial charge in [-0.15, -0.1) is 11.3 Å². The Morgan fingerprint density at radius 3 is 2.79 bits per heavy atom. The van der Waals surface area contributed by atoms with Crippen LogP contribution in [0.25, 0.3) is 0 Å². The van der Waals surface area contributed by atoms with E-state index in [2.05, 4.69) is 5.32 Å². The Balaban J connectivity index is 2.22. The van der Waals surface area contributed by atoms with Crippen molar-refractivity contribution in [2.24, 2.45) is 5.92 Å². The van der Waals surface area contributed by atoms with Crippen molar-refractivity contribution >= 4 is 22.9 Å². The van der Waals surface area contributed by atoms with Crippen molar-refractivity contribution in [2.45, 2.75) is 12.3 Å². The largest absolute Gasteiger partial charge is 0.316 e. The molecule has 1 fully saturated rings. The minimum atomic E-state index is -2.73. The van der Waals surface area contributed by atoms with Crippen molar-refractivity contribution < 1.29 is 8.78 Å². The first-order chi connectivity index (χ1) is 6.60. The van der Waals surface area contributed by atoms with Crippen LogP contribution in [-0.4, -0.2) is 13.1 Å². The highest BCUT2D eigenvalue weighted by Gasteiger charge is 2.43. The Hall–Kier alpha value is -0.190. The molecule has 1 aromatic rings. The maximum Gasteiger partial charge on any atom is 0.286 e. The molecular weight excluding hydrogens is 228 g/mol. The summed E-state index contributed by atoms with van der Waals surface area (Å²) in [7, 11) is 0. The van der Waals surface area contributed by atoms with Gasteiger partial charge in [0.05, 0.1) is 9.21 Å². The van der Waals surface area contributed by atoms with Gasteiger partial charge in [0, 0.05) is 12.5 Å². The third-order valence-corrected chi connectivity index (χ3v) is 3.79. The van der Waals surface area contributed by atoms with E-state index in [1.165, 1.54) is 12.1 Å². The van der Waals surface area contributed by atoms with Crippen molar-refractivity contribution in [2.75, 3.05) is 13.1 Å². The van der Waals surface area contributed by atoms with E-state index in [1.807, 2.05) is 0 Å². The lowest BCUT2D eigenvalue weighted by Gasteiger charge is -2.20. The standard InChI is InChI=1S/C9H10ClF2NS/c10-8-2-1-7(14-8)9(11,12)6-3-4-13-5-6/h1-2,6,13H,3-5H2. The van der Waals surface area contributed by atoms with E-state index in [0.29, 0.717) is 23.8 Å². The van der Waals surface area contributed by atoms with E-state index in [0.717, 1.165) is 11.3 Å². The molecule has 1 unspecified atom stereocenters. The first-order valence-corrected chi connectivity index (χ1v) is 5.64. The highest BCUT2D eigenvalue weighted by molar-refractivity contribution is 7.16. The Bertz CT molecular complexity index is 320. The Kier molecular flexibility index (Phi) is 2.77. The van der Waals surface area contributed by atoms with Crippen LogP contribution in [0.1, 0.15) is 11.3 Å². The minimum Gasteiger partial charge on any atom is -0.316 e. The van der Waals surface area contributed by atoms with Crippen molar-refractivity contribution in [3.05, 3.63) is 21.3 Å². The van der Waals surface area contributed by atoms with Crippen molar-refractivity contribution in [3.8, 4) is 0 Å². The van der Waals surface area contributed by atoms with Gasteiger partial charge in [-0.05, 0) is 25.1 Å². The highest BCUT2D eigenvalue weighted by Crippen LogP contribution is 2.42. The fourth-order valence-corrected chi connectivity index (χ4v) is 2.76. The van der Waals surface area contributed by atoms with Crippen LogP contribution in [0.2, 0.25) is 4.34 Å². The van der Waals surface area contributed by atoms with E-state index < -0.39 is 11.8 Å². The lowest BCUT2D eigenvalue weighted by molar-refractivity contribution is -0.0540. The molecule has 1 saturated heterocycles. The van der Waals surface area contributed by atoms with E-state index >= 15 is 0 Å². The topological polar surface area (TPSA) is 12.0 Å². The molecule has 1 nitrogen and oxygen atoms in total. The van der Waals surface area contributed by atoms with E-state index in [9.17, 15) is 8.78 Å². The van der Waals surface area contributed by atoms with E-state index in [-0.39, 0.29) is 4.88 Å². The number of hydrogen-bond acceptors (Lipinski definition) is 2. The van der Waals surface area contributed by atoms with Gasteiger partial charge in [-0.1, -0.05) is 11.6 Å². The molecule has 14 heavy (non-hydrogen) atoms. The van der Waals surface area contributed by atoms with Gasteiger partial charge in [-0.3, -0.25) is 0 Å². The summed E-state index contributed by atoms with van der Waals surface area (Å²) in [6, 6.07) is 2.95. The average Bonchev–Trinajstić information content (AvgIpc) is 2.72. The summed E-state index contributed by atoms with van der Waals surface area (Å²) in [6.45, 7) is 1.07. The lowest BCUT2D eigenvalue weighted by atomic mass is 9.99. The molecule has 1 aliphatic rings. The summed E-state index contributed by atoms with van der Waals surface area (Å²) in [4.78, 5) is 0.0798. The molecule has 0 aromatic carbocycles. The number of rotatable bonds is 2. The van der Waals surface area contributed by atoms with Crippen molar-refractivity contribution in [1.29, 1.82) is 0 Å². The molecule has 2 rings (SSSR count). The Labute approximate surface area is 90.1 Å². The third-order valence-electron chi connectivity index (χ3n) is 2.47. The van der Waals surface area contributed by atoms with Crippen LogP contribution < -0.4 is 5.32 Å². The summed E-state index contributed by atoms with van der Waals surface area (Å²) < 4.78 is 28.0. The molecule has 0 radical (unpaired) electrons. The molecule has 5 heteroatoms. The Morgan fingerprint density at radius 1 is 1.50 bits per heavy atom. The van der Waals surface area contributed by atoms with Gasteiger partial charge in [0.25, 0.3) is 5.92 Å². The van der Waals surface area contributed by atoms with Gasteiger partial charge in [-0.25, -0.2) is 8.78 Å². The quantitative estimate of drug-likeness (QED) is 0.834. The number of nitrogens with one attached hydrogen (secondary N) is 1. The molecule has 1 aliphatic heterocycles. The zero-order valence-corrected chi connectivity index (χ0v) is 8.97. The van der Waals surface area contributed by atoms with Crippen molar-refractivity contribution in [1.82, 2.24) is 5.32 Å². The molecule has 0 saturated carbocycles. The maximum absolute atomic E-state index is 13.8. The maximum atomic E-state index is 13.8. The molecule has 0 spiro atoms. The van der Waals surface area contributed by atoms with Gasteiger partial charge in [-0.2, -0.15) is 0 Å². The summed E-state index contributed by atoms with van der Waals surface area (Å²) in [5, 5.41) is 2.95. The first-order valence-electron chi connectivity index (χ1n) is 4.45. The highest BCUT2D eigenvalue weighted by atomic mass is 35.5. The van der Waals surface area contributed by atoms with Crippen LogP contribution in [0.4, 0.5) is 8.78 Å². The van der Waals surface area contributed by atoms with Gasteiger partial charge >= 0.3 is 0 Å². The zero-order chi connectivity index (χ0) is 10.2. The first kappa shape index (κ1) is 10.3. The second-order valence-electron chi connectivity index (χ2n) is 3.42. The summed E-state index contributed by atoms with van der Waals surface area (Å²) in [5.74, 6) is -3.32. The SMILES string of the molecule is FC(F)(c1ccc(Cl)s1)C1CCNC1. The zero-order valence-electron chi connectivity index (χ0n) is 7.40. The van der Waals surface area contributed by atoms with E-state index in [1.54, 1.807) is 0 Å². The third kappa shape index (κ3) is 1.78. The normalized spacial score (nSPS) is 22.9. The van der Waals surface area contributed by atoms with Gasteiger partial charge in [0.2, 0.25) is 0 Å². The van der Waals surface area contributed by atoms with Gasteiger partial charge in [0.15, 0.2) is 0 Å². The van der Waals surface area contributed by atoms with Crippen molar-refractivity contribution in [3.63, 3.8) is 0 Å². The molecule has 0 amide bonds.